The van der Waals surface area contributed by atoms with Crippen molar-refractivity contribution < 1.29 is 0 Å². The summed E-state index contributed by atoms with van der Waals surface area (Å²) in [5.41, 5.74) is 9.20. The Morgan fingerprint density at radius 3 is 2.55 bits per heavy atom. The van der Waals surface area contributed by atoms with Gasteiger partial charge < -0.3 is 10.3 Å². The Morgan fingerprint density at radius 1 is 1.15 bits per heavy atom. The highest BCUT2D eigenvalue weighted by atomic mass is 127. The largest absolute Gasteiger partial charge is 0.399 e. The van der Waals surface area contributed by atoms with Crippen LogP contribution in [-0.2, 0) is 7.05 Å². The van der Waals surface area contributed by atoms with Gasteiger partial charge in [0.05, 0.1) is 17.0 Å². The first-order valence-corrected chi connectivity index (χ1v) is 5.97. The molecule has 2 N–H and O–H groups in total. The molecule has 2 heterocycles. The molecule has 20 heavy (non-hydrogen) atoms. The first-order valence-electron chi connectivity index (χ1n) is 5.97. The maximum absolute atomic E-state index is 12.0. The fourth-order valence-electron chi connectivity index (χ4n) is 2.12. The molecule has 0 amide bonds. The molecule has 1 aromatic rings. The van der Waals surface area contributed by atoms with Gasteiger partial charge in [-0.25, -0.2) is 4.98 Å². The van der Waals surface area contributed by atoms with Crippen LogP contribution in [0.4, 0.5) is 5.69 Å². The third-order valence-corrected chi connectivity index (χ3v) is 3.16. The van der Waals surface area contributed by atoms with Crippen molar-refractivity contribution in [3.63, 3.8) is 0 Å². The highest BCUT2D eigenvalue weighted by Gasteiger charge is 2.12. The lowest BCUT2D eigenvalue weighted by Crippen LogP contribution is -2.14. The van der Waals surface area contributed by atoms with Gasteiger partial charge in [0.15, 0.2) is 0 Å². The predicted octanol–water partition coefficient (Wildman–Crippen LogP) is 2.75. The molecule has 0 saturated heterocycles. The second kappa shape index (κ2) is 5.62. The summed E-state index contributed by atoms with van der Waals surface area (Å²) in [6.07, 6.45) is 1.91. The Hall–Kier alpha value is -1.89. The van der Waals surface area contributed by atoms with E-state index in [0.29, 0.717) is 16.9 Å². The molecular weight excluding hydrogens is 365 g/mol. The molecule has 0 unspecified atom stereocenters. The van der Waals surface area contributed by atoms with Gasteiger partial charge in [-0.3, -0.25) is 4.79 Å². The minimum atomic E-state index is -0.208. The van der Waals surface area contributed by atoms with Gasteiger partial charge in [0.1, 0.15) is 0 Å². The SMILES string of the molecule is Cn1cccc2c(=O)nc(-c3ccc(N)cc3)cc1-2.I. The number of halogens is 1. The van der Waals surface area contributed by atoms with Gasteiger partial charge in [0, 0.05) is 24.5 Å². The van der Waals surface area contributed by atoms with Crippen molar-refractivity contribution in [2.45, 2.75) is 0 Å². The molecule has 0 fully saturated rings. The Bertz CT molecular complexity index is 765. The van der Waals surface area contributed by atoms with Crippen molar-refractivity contribution >= 4 is 29.7 Å². The van der Waals surface area contributed by atoms with Gasteiger partial charge in [-0.1, -0.05) is 12.1 Å². The fraction of sp³-hybridized carbons (Fsp3) is 0.0667. The Kier molecular flexibility index (Phi) is 4.08. The summed E-state index contributed by atoms with van der Waals surface area (Å²) in [6.45, 7) is 0. The number of nitrogens with zero attached hydrogens (tertiary/aromatic N) is 2. The van der Waals surface area contributed by atoms with Crippen molar-refractivity contribution in [3.8, 4) is 22.5 Å². The van der Waals surface area contributed by atoms with Gasteiger partial charge in [-0.05, 0) is 30.3 Å². The smallest absolute Gasteiger partial charge is 0.279 e. The number of aryl methyl sites for hydroxylation is 1. The number of anilines is 1. The Morgan fingerprint density at radius 2 is 1.85 bits per heavy atom. The van der Waals surface area contributed by atoms with Crippen molar-refractivity contribution in [1.29, 1.82) is 0 Å². The van der Waals surface area contributed by atoms with Gasteiger partial charge in [0.25, 0.3) is 5.56 Å². The average Bonchev–Trinajstić information content (AvgIpc) is 2.41. The van der Waals surface area contributed by atoms with E-state index < -0.39 is 0 Å². The summed E-state index contributed by atoms with van der Waals surface area (Å²) in [5, 5.41) is 0. The second-order valence-corrected chi connectivity index (χ2v) is 4.49. The highest BCUT2D eigenvalue weighted by Crippen LogP contribution is 2.23. The van der Waals surface area contributed by atoms with Crippen LogP contribution in [-0.4, -0.2) is 9.55 Å². The first-order chi connectivity index (χ1) is 9.15. The Labute approximate surface area is 133 Å². The third kappa shape index (κ3) is 2.53. The molecule has 2 aliphatic rings. The molecule has 0 aliphatic carbocycles. The van der Waals surface area contributed by atoms with Gasteiger partial charge in [-0.2, -0.15) is 0 Å². The van der Waals surface area contributed by atoms with E-state index in [1.807, 2.05) is 42.1 Å². The summed E-state index contributed by atoms with van der Waals surface area (Å²) >= 11 is 0. The van der Waals surface area contributed by atoms with Crippen LogP contribution in [0.25, 0.3) is 22.5 Å². The van der Waals surface area contributed by atoms with Crippen LogP contribution >= 0.6 is 24.0 Å². The van der Waals surface area contributed by atoms with Crippen LogP contribution in [0.1, 0.15) is 0 Å². The molecule has 0 spiro atoms. The summed E-state index contributed by atoms with van der Waals surface area (Å²) in [4.78, 5) is 16.2. The summed E-state index contributed by atoms with van der Waals surface area (Å²) in [7, 11) is 1.91. The number of nitrogens with two attached hydrogens (primary N) is 1. The van der Waals surface area contributed by atoms with Crippen LogP contribution in [0.2, 0.25) is 0 Å². The van der Waals surface area contributed by atoms with Crippen molar-refractivity contribution in [2.24, 2.45) is 7.05 Å². The summed E-state index contributed by atoms with van der Waals surface area (Å²) < 4.78 is 1.92. The molecule has 2 aliphatic heterocycles. The molecule has 1 aromatic carbocycles. The minimum Gasteiger partial charge on any atom is -0.399 e. The number of pyridine rings is 2. The molecule has 0 atom stereocenters. The molecule has 102 valence electrons. The number of aromatic nitrogens is 2. The van der Waals surface area contributed by atoms with E-state index in [2.05, 4.69) is 4.98 Å². The van der Waals surface area contributed by atoms with E-state index in [1.165, 1.54) is 0 Å². The van der Waals surface area contributed by atoms with E-state index in [-0.39, 0.29) is 29.5 Å². The number of nitrogen functional groups attached to an aromatic ring is 1. The molecule has 3 rings (SSSR count). The molecular formula is C15H14IN3O. The molecule has 5 heteroatoms. The Balaban J connectivity index is 0.00000147. The maximum Gasteiger partial charge on any atom is 0.279 e. The fourth-order valence-corrected chi connectivity index (χ4v) is 2.12. The first kappa shape index (κ1) is 14.5. The van der Waals surface area contributed by atoms with E-state index in [1.54, 1.807) is 18.2 Å². The molecule has 0 saturated carbocycles. The lowest BCUT2D eigenvalue weighted by Gasteiger charge is -2.11. The van der Waals surface area contributed by atoms with Crippen molar-refractivity contribution in [3.05, 3.63) is 59.0 Å². The minimum absolute atomic E-state index is 0. The lowest BCUT2D eigenvalue weighted by molar-refractivity contribution is 0.906. The number of hydrogen-bond donors (Lipinski definition) is 1. The maximum atomic E-state index is 12.0. The van der Waals surface area contributed by atoms with E-state index in [4.69, 9.17) is 5.73 Å². The van der Waals surface area contributed by atoms with Gasteiger partial charge in [0.2, 0.25) is 0 Å². The predicted molar refractivity (Wildman–Crippen MR) is 91.4 cm³/mol. The van der Waals surface area contributed by atoms with Crippen LogP contribution in [0, 0.1) is 0 Å². The average molecular weight is 379 g/mol. The monoisotopic (exact) mass is 379 g/mol. The van der Waals surface area contributed by atoms with Gasteiger partial charge in [-0.15, -0.1) is 24.0 Å². The molecule has 4 nitrogen and oxygen atoms in total. The standard InChI is InChI=1S/C15H13N3O.HI/c1-18-8-2-3-12-14(18)9-13(17-15(12)19)10-4-6-11(16)7-5-10;/h2-9H,16H2,1H3;1H. The van der Waals surface area contributed by atoms with Crippen molar-refractivity contribution in [1.82, 2.24) is 9.55 Å². The van der Waals surface area contributed by atoms with E-state index >= 15 is 0 Å². The third-order valence-electron chi connectivity index (χ3n) is 3.16. The summed E-state index contributed by atoms with van der Waals surface area (Å²) in [6, 6.07) is 12.9. The molecule has 0 bridgehead atoms. The van der Waals surface area contributed by atoms with Crippen LogP contribution in [0.15, 0.2) is 53.5 Å². The topological polar surface area (TPSA) is 60.9 Å². The van der Waals surface area contributed by atoms with Crippen molar-refractivity contribution in [2.75, 3.05) is 5.73 Å². The van der Waals surface area contributed by atoms with Gasteiger partial charge >= 0.3 is 0 Å². The van der Waals surface area contributed by atoms with Crippen LogP contribution in [0.5, 0.6) is 0 Å². The number of hydrogen-bond acceptors (Lipinski definition) is 3. The normalized spacial score (nSPS) is 10.2. The summed E-state index contributed by atoms with van der Waals surface area (Å²) in [5.74, 6) is 0. The van der Waals surface area contributed by atoms with Crippen LogP contribution < -0.4 is 11.3 Å². The zero-order valence-electron chi connectivity index (χ0n) is 10.9. The van der Waals surface area contributed by atoms with E-state index in [0.717, 1.165) is 11.3 Å². The molecule has 0 aromatic heterocycles. The lowest BCUT2D eigenvalue weighted by atomic mass is 10.1. The van der Waals surface area contributed by atoms with Crippen LogP contribution in [0.3, 0.4) is 0 Å². The highest BCUT2D eigenvalue weighted by molar-refractivity contribution is 14.0. The van der Waals surface area contributed by atoms with E-state index in [9.17, 15) is 4.79 Å². The quantitative estimate of drug-likeness (QED) is 0.523. The second-order valence-electron chi connectivity index (χ2n) is 4.49. The number of fused-ring (bicyclic) bond motifs is 1. The number of rotatable bonds is 1. The molecule has 0 radical (unpaired) electrons. The number of benzene rings is 1. The zero-order valence-corrected chi connectivity index (χ0v) is 13.2. The zero-order chi connectivity index (χ0) is 13.4.